The molecule has 0 radical (unpaired) electrons. The first-order valence-electron chi connectivity index (χ1n) is 5.89. The minimum absolute atomic E-state index is 0.00278. The van der Waals surface area contributed by atoms with Gasteiger partial charge in [0, 0.05) is 6.54 Å². The van der Waals surface area contributed by atoms with Crippen molar-refractivity contribution in [2.45, 2.75) is 38.2 Å². The number of nitrogen functional groups attached to an aromatic ring is 1. The molecule has 4 N–H and O–H groups in total. The van der Waals surface area contributed by atoms with Crippen LogP contribution < -0.4 is 10.5 Å². The lowest BCUT2D eigenvalue weighted by Gasteiger charge is -2.14. The molecule has 0 saturated heterocycles. The van der Waals surface area contributed by atoms with E-state index in [1.54, 1.807) is 6.92 Å². The molecule has 0 saturated carbocycles. The van der Waals surface area contributed by atoms with E-state index < -0.39 is 21.9 Å². The lowest BCUT2D eigenvalue weighted by Crippen LogP contribution is -2.28. The molecule has 0 fully saturated rings. The maximum absolute atomic E-state index is 13.4. The van der Waals surface area contributed by atoms with Gasteiger partial charge in [0.1, 0.15) is 5.82 Å². The zero-order valence-electron chi connectivity index (χ0n) is 11.2. The first kappa shape index (κ1) is 15.9. The second-order valence-corrected chi connectivity index (χ2v) is 6.28. The average molecular weight is 290 g/mol. The maximum Gasteiger partial charge on any atom is 0.241 e. The SMILES string of the molecule is Cc1cc(F)c(N)c(C)c1S(=O)(=O)NCCC(C)O. The third-order valence-corrected chi connectivity index (χ3v) is 4.58. The normalized spacial score (nSPS) is 13.5. The van der Waals surface area contributed by atoms with Crippen LogP contribution in [0.4, 0.5) is 10.1 Å². The van der Waals surface area contributed by atoms with Gasteiger partial charge in [-0.15, -0.1) is 0 Å². The van der Waals surface area contributed by atoms with Gasteiger partial charge >= 0.3 is 0 Å². The van der Waals surface area contributed by atoms with Crippen molar-refractivity contribution in [2.24, 2.45) is 0 Å². The Bertz CT molecular complexity index is 571. The van der Waals surface area contributed by atoms with Crippen molar-refractivity contribution in [1.82, 2.24) is 4.72 Å². The highest BCUT2D eigenvalue weighted by molar-refractivity contribution is 7.89. The summed E-state index contributed by atoms with van der Waals surface area (Å²) < 4.78 is 40.1. The molecule has 0 aliphatic rings. The summed E-state index contributed by atoms with van der Waals surface area (Å²) in [4.78, 5) is -0.00278. The van der Waals surface area contributed by atoms with Gasteiger partial charge in [-0.3, -0.25) is 0 Å². The van der Waals surface area contributed by atoms with Crippen molar-refractivity contribution in [1.29, 1.82) is 0 Å². The largest absolute Gasteiger partial charge is 0.396 e. The molecule has 0 aliphatic carbocycles. The van der Waals surface area contributed by atoms with Gasteiger partial charge in [0.25, 0.3) is 0 Å². The van der Waals surface area contributed by atoms with Gasteiger partial charge in [0.15, 0.2) is 0 Å². The van der Waals surface area contributed by atoms with Crippen LogP contribution in [0.5, 0.6) is 0 Å². The molecular formula is C12H19FN2O3S. The number of halogens is 1. The molecule has 0 heterocycles. The summed E-state index contributed by atoms with van der Waals surface area (Å²) in [5.74, 6) is -0.627. The van der Waals surface area contributed by atoms with Gasteiger partial charge in [0.05, 0.1) is 16.7 Å². The number of rotatable bonds is 5. The van der Waals surface area contributed by atoms with Crippen LogP contribution in [0, 0.1) is 19.7 Å². The molecular weight excluding hydrogens is 271 g/mol. The van der Waals surface area contributed by atoms with Crippen LogP contribution in [-0.2, 0) is 10.0 Å². The summed E-state index contributed by atoms with van der Waals surface area (Å²) >= 11 is 0. The number of hydrogen-bond donors (Lipinski definition) is 3. The highest BCUT2D eigenvalue weighted by atomic mass is 32.2. The van der Waals surface area contributed by atoms with Gasteiger partial charge in [0.2, 0.25) is 10.0 Å². The molecule has 0 aromatic heterocycles. The van der Waals surface area contributed by atoms with Crippen molar-refractivity contribution in [3.8, 4) is 0 Å². The minimum Gasteiger partial charge on any atom is -0.396 e. The van der Waals surface area contributed by atoms with E-state index in [-0.39, 0.29) is 22.7 Å². The second kappa shape index (κ2) is 5.85. The van der Waals surface area contributed by atoms with Crippen LogP contribution in [0.3, 0.4) is 0 Å². The summed E-state index contributed by atoms with van der Waals surface area (Å²) in [6.45, 7) is 4.66. The fraction of sp³-hybridized carbons (Fsp3) is 0.500. The van der Waals surface area contributed by atoms with Crippen LogP contribution in [0.15, 0.2) is 11.0 Å². The van der Waals surface area contributed by atoms with Crippen molar-refractivity contribution in [2.75, 3.05) is 12.3 Å². The summed E-state index contributed by atoms with van der Waals surface area (Å²) in [5, 5.41) is 9.11. The number of sulfonamides is 1. The van der Waals surface area contributed by atoms with E-state index in [4.69, 9.17) is 10.8 Å². The van der Waals surface area contributed by atoms with E-state index in [1.807, 2.05) is 0 Å². The number of anilines is 1. The summed E-state index contributed by atoms with van der Waals surface area (Å²) in [7, 11) is -3.76. The van der Waals surface area contributed by atoms with Gasteiger partial charge < -0.3 is 10.8 Å². The summed E-state index contributed by atoms with van der Waals surface area (Å²) in [6.07, 6.45) is -0.295. The Labute approximate surface area is 112 Å². The van der Waals surface area contributed by atoms with Crippen molar-refractivity contribution in [3.63, 3.8) is 0 Å². The third kappa shape index (κ3) is 3.65. The molecule has 1 atom stereocenters. The van der Waals surface area contributed by atoms with Crippen molar-refractivity contribution >= 4 is 15.7 Å². The second-order valence-electron chi connectivity index (χ2n) is 4.58. The number of hydrogen-bond acceptors (Lipinski definition) is 4. The van der Waals surface area contributed by atoms with Crippen LogP contribution >= 0.6 is 0 Å². The maximum atomic E-state index is 13.4. The Balaban J connectivity index is 3.12. The fourth-order valence-corrected chi connectivity index (χ4v) is 3.35. The monoisotopic (exact) mass is 290 g/mol. The number of aliphatic hydroxyl groups is 1. The van der Waals surface area contributed by atoms with Gasteiger partial charge in [-0.2, -0.15) is 0 Å². The molecule has 5 nitrogen and oxygen atoms in total. The number of aliphatic hydroxyl groups excluding tert-OH is 1. The molecule has 108 valence electrons. The van der Waals surface area contributed by atoms with E-state index in [9.17, 15) is 12.8 Å². The van der Waals surface area contributed by atoms with Crippen molar-refractivity contribution in [3.05, 3.63) is 23.0 Å². The fourth-order valence-electron chi connectivity index (χ4n) is 1.82. The quantitative estimate of drug-likeness (QED) is 0.707. The Morgan fingerprint density at radius 2 is 2.05 bits per heavy atom. The van der Waals surface area contributed by atoms with E-state index in [0.29, 0.717) is 12.0 Å². The van der Waals surface area contributed by atoms with Gasteiger partial charge in [-0.05, 0) is 44.4 Å². The predicted molar refractivity (Wildman–Crippen MR) is 71.8 cm³/mol. The van der Waals surface area contributed by atoms with Crippen LogP contribution in [-0.4, -0.2) is 26.2 Å². The Kier molecular flexibility index (Phi) is 4.89. The smallest absolute Gasteiger partial charge is 0.241 e. The molecule has 1 aromatic carbocycles. The predicted octanol–water partition coefficient (Wildman–Crippen LogP) is 1.07. The number of nitrogens with two attached hydrogens (primary N) is 1. The summed E-state index contributed by atoms with van der Waals surface area (Å²) in [5.41, 5.74) is 5.85. The average Bonchev–Trinajstić information content (AvgIpc) is 2.24. The van der Waals surface area contributed by atoms with E-state index in [1.165, 1.54) is 13.8 Å². The standard InChI is InChI=1S/C12H19FN2O3S/c1-7-6-10(13)11(14)9(3)12(7)19(17,18)15-5-4-8(2)16/h6,8,15-16H,4-5,14H2,1-3H3. The highest BCUT2D eigenvalue weighted by Crippen LogP contribution is 2.27. The Morgan fingerprint density at radius 3 is 2.58 bits per heavy atom. The lowest BCUT2D eigenvalue weighted by atomic mass is 10.1. The zero-order valence-corrected chi connectivity index (χ0v) is 12.0. The molecule has 19 heavy (non-hydrogen) atoms. The van der Waals surface area contributed by atoms with Gasteiger partial charge in [-0.1, -0.05) is 0 Å². The summed E-state index contributed by atoms with van der Waals surface area (Å²) in [6, 6.07) is 1.10. The molecule has 0 amide bonds. The Morgan fingerprint density at radius 1 is 1.47 bits per heavy atom. The highest BCUT2D eigenvalue weighted by Gasteiger charge is 2.22. The van der Waals surface area contributed by atoms with Crippen molar-refractivity contribution < 1.29 is 17.9 Å². The number of nitrogens with one attached hydrogen (secondary N) is 1. The lowest BCUT2D eigenvalue weighted by molar-refractivity contribution is 0.186. The van der Waals surface area contributed by atoms with Crippen LogP contribution in [0.2, 0.25) is 0 Å². The molecule has 1 unspecified atom stereocenters. The topological polar surface area (TPSA) is 92.4 Å². The van der Waals surface area contributed by atoms with Crippen LogP contribution in [0.25, 0.3) is 0 Å². The molecule has 7 heteroatoms. The first-order valence-corrected chi connectivity index (χ1v) is 7.38. The van der Waals surface area contributed by atoms with E-state index in [0.717, 1.165) is 6.07 Å². The third-order valence-electron chi connectivity index (χ3n) is 2.83. The van der Waals surface area contributed by atoms with E-state index >= 15 is 0 Å². The molecule has 1 aromatic rings. The van der Waals surface area contributed by atoms with Gasteiger partial charge in [-0.25, -0.2) is 17.5 Å². The number of aryl methyl sites for hydroxylation is 1. The van der Waals surface area contributed by atoms with E-state index in [2.05, 4.69) is 4.72 Å². The number of benzene rings is 1. The molecule has 1 rings (SSSR count). The van der Waals surface area contributed by atoms with Crippen LogP contribution in [0.1, 0.15) is 24.5 Å². The first-order chi connectivity index (χ1) is 8.66. The molecule has 0 spiro atoms. The Hall–Kier alpha value is -1.18. The zero-order chi connectivity index (χ0) is 14.8. The minimum atomic E-state index is -3.76. The molecule has 0 bridgehead atoms. The molecule has 0 aliphatic heterocycles.